The highest BCUT2D eigenvalue weighted by Crippen LogP contribution is 2.33. The maximum atomic E-state index is 11.9. The molecular formula is C17H19ClN2O2S. The second-order valence-electron chi connectivity index (χ2n) is 5.93. The number of ether oxygens (including phenoxy) is 1. The Labute approximate surface area is 145 Å². The van der Waals surface area contributed by atoms with Gasteiger partial charge in [0.15, 0.2) is 4.77 Å². The van der Waals surface area contributed by atoms with Crippen LogP contribution in [0.25, 0.3) is 11.3 Å². The second kappa shape index (κ2) is 6.89. The van der Waals surface area contributed by atoms with Crippen LogP contribution in [0.3, 0.4) is 0 Å². The van der Waals surface area contributed by atoms with Gasteiger partial charge >= 0.3 is 0 Å². The summed E-state index contributed by atoms with van der Waals surface area (Å²) in [6.45, 7) is 0.806. The van der Waals surface area contributed by atoms with Crippen LogP contribution in [0.5, 0.6) is 5.75 Å². The summed E-state index contributed by atoms with van der Waals surface area (Å²) in [6, 6.07) is 6.96. The minimum atomic E-state index is -0.213. The zero-order chi connectivity index (χ0) is 16.4. The number of hydrogen-bond donors (Lipinski definition) is 1. The van der Waals surface area contributed by atoms with Crippen LogP contribution in [0.4, 0.5) is 0 Å². The van der Waals surface area contributed by atoms with Crippen LogP contribution in [0, 0.1) is 10.7 Å². The van der Waals surface area contributed by atoms with Gasteiger partial charge in [0.25, 0.3) is 5.56 Å². The first kappa shape index (κ1) is 16.3. The van der Waals surface area contributed by atoms with Crippen LogP contribution < -0.4 is 10.3 Å². The predicted molar refractivity (Wildman–Crippen MR) is 94.8 cm³/mol. The van der Waals surface area contributed by atoms with Crippen molar-refractivity contribution in [1.82, 2.24) is 9.55 Å². The topological polar surface area (TPSA) is 47.0 Å². The monoisotopic (exact) mass is 350 g/mol. The third-order valence-electron chi connectivity index (χ3n) is 4.39. The van der Waals surface area contributed by atoms with E-state index in [-0.39, 0.29) is 5.56 Å². The highest BCUT2D eigenvalue weighted by Gasteiger charge is 2.19. The number of nitrogens with one attached hydrogen (secondary N) is 1. The number of aromatic nitrogens is 2. The van der Waals surface area contributed by atoms with E-state index in [4.69, 9.17) is 28.6 Å². The molecule has 0 aliphatic heterocycles. The minimum absolute atomic E-state index is 0.213. The van der Waals surface area contributed by atoms with Crippen molar-refractivity contribution in [2.45, 2.75) is 32.2 Å². The van der Waals surface area contributed by atoms with Crippen molar-refractivity contribution in [3.8, 4) is 17.0 Å². The van der Waals surface area contributed by atoms with Gasteiger partial charge in [-0.3, -0.25) is 9.78 Å². The lowest BCUT2D eigenvalue weighted by atomic mass is 10.1. The molecule has 0 amide bonds. The summed E-state index contributed by atoms with van der Waals surface area (Å²) in [6.07, 6.45) is 4.92. The summed E-state index contributed by atoms with van der Waals surface area (Å²) in [7, 11) is 1.61. The van der Waals surface area contributed by atoms with Crippen molar-refractivity contribution in [3.63, 3.8) is 0 Å². The highest BCUT2D eigenvalue weighted by molar-refractivity contribution is 7.71. The first-order valence-electron chi connectivity index (χ1n) is 7.76. The largest absolute Gasteiger partial charge is 0.496 e. The van der Waals surface area contributed by atoms with Crippen LogP contribution >= 0.6 is 23.8 Å². The molecule has 3 rings (SSSR count). The van der Waals surface area contributed by atoms with Gasteiger partial charge < -0.3 is 9.30 Å². The number of H-pyrrole nitrogens is 1. The maximum absolute atomic E-state index is 11.9. The summed E-state index contributed by atoms with van der Waals surface area (Å²) < 4.78 is 7.89. The summed E-state index contributed by atoms with van der Waals surface area (Å²) >= 11 is 11.6. The van der Waals surface area contributed by atoms with Crippen molar-refractivity contribution < 1.29 is 4.74 Å². The van der Waals surface area contributed by atoms with Gasteiger partial charge in [-0.1, -0.05) is 24.4 Å². The Bertz CT molecular complexity index is 822. The van der Waals surface area contributed by atoms with E-state index in [1.165, 1.54) is 25.7 Å². The fraction of sp³-hybridized carbons (Fsp3) is 0.412. The normalized spacial score (nSPS) is 15.0. The number of rotatable bonds is 4. The van der Waals surface area contributed by atoms with E-state index >= 15 is 0 Å². The Kier molecular flexibility index (Phi) is 4.87. The molecule has 2 aromatic rings. The van der Waals surface area contributed by atoms with E-state index in [1.54, 1.807) is 19.2 Å². The number of nitrogens with zero attached hydrogens (tertiary/aromatic N) is 1. The Morgan fingerprint density at radius 1 is 1.35 bits per heavy atom. The van der Waals surface area contributed by atoms with Crippen LogP contribution in [0.15, 0.2) is 29.1 Å². The van der Waals surface area contributed by atoms with Crippen LogP contribution in [-0.4, -0.2) is 16.7 Å². The van der Waals surface area contributed by atoms with Gasteiger partial charge in [-0.25, -0.2) is 0 Å². The van der Waals surface area contributed by atoms with Crippen molar-refractivity contribution >= 4 is 23.8 Å². The molecule has 0 radical (unpaired) electrons. The molecule has 23 heavy (non-hydrogen) atoms. The summed E-state index contributed by atoms with van der Waals surface area (Å²) in [5, 5.41) is 0.597. The van der Waals surface area contributed by atoms with Crippen molar-refractivity contribution in [2.24, 2.45) is 5.92 Å². The van der Waals surface area contributed by atoms with Crippen molar-refractivity contribution in [3.05, 3.63) is 44.4 Å². The van der Waals surface area contributed by atoms with Gasteiger partial charge in [-0.15, -0.1) is 0 Å². The van der Waals surface area contributed by atoms with E-state index in [0.717, 1.165) is 17.8 Å². The van der Waals surface area contributed by atoms with Gasteiger partial charge in [-0.05, 0) is 49.2 Å². The third kappa shape index (κ3) is 3.51. The minimum Gasteiger partial charge on any atom is -0.496 e. The Balaban J connectivity index is 2.16. The predicted octanol–water partition coefficient (Wildman–Crippen LogP) is 4.43. The molecule has 1 aliphatic rings. The molecule has 4 nitrogen and oxygen atoms in total. The van der Waals surface area contributed by atoms with Gasteiger partial charge in [0.1, 0.15) is 5.75 Å². The molecule has 0 bridgehead atoms. The molecule has 1 aromatic carbocycles. The Hall–Kier alpha value is -1.59. The zero-order valence-electron chi connectivity index (χ0n) is 13.0. The third-order valence-corrected chi connectivity index (χ3v) is 4.94. The first-order valence-corrected chi connectivity index (χ1v) is 8.55. The van der Waals surface area contributed by atoms with Crippen LogP contribution in [-0.2, 0) is 6.54 Å². The Morgan fingerprint density at radius 2 is 2.09 bits per heavy atom. The molecule has 1 saturated carbocycles. The maximum Gasteiger partial charge on any atom is 0.252 e. The smallest absolute Gasteiger partial charge is 0.252 e. The summed E-state index contributed by atoms with van der Waals surface area (Å²) in [5.41, 5.74) is 1.33. The lowest BCUT2D eigenvalue weighted by Crippen LogP contribution is -2.18. The fourth-order valence-corrected chi connectivity index (χ4v) is 3.70. The average Bonchev–Trinajstić information content (AvgIpc) is 3.03. The molecule has 0 unspecified atom stereocenters. The van der Waals surface area contributed by atoms with E-state index in [9.17, 15) is 4.79 Å². The molecule has 1 N–H and O–H groups in total. The molecule has 0 saturated heterocycles. The van der Waals surface area contributed by atoms with Gasteiger partial charge in [-0.2, -0.15) is 0 Å². The van der Waals surface area contributed by atoms with Crippen molar-refractivity contribution in [1.29, 1.82) is 0 Å². The zero-order valence-corrected chi connectivity index (χ0v) is 14.5. The average molecular weight is 351 g/mol. The standard InChI is InChI=1S/C17H19ClN2O2S/c1-22-15-7-6-12(18)8-13(15)14-9-16(21)19-17(23)20(14)10-11-4-2-3-5-11/h6-9,11H,2-5,10H2,1H3,(H,19,21,23). The Morgan fingerprint density at radius 3 is 2.78 bits per heavy atom. The number of halogens is 1. The van der Waals surface area contributed by atoms with E-state index in [2.05, 4.69) is 4.98 Å². The molecular weight excluding hydrogens is 332 g/mol. The van der Waals surface area contributed by atoms with E-state index in [1.807, 2.05) is 16.7 Å². The van der Waals surface area contributed by atoms with E-state index in [0.29, 0.717) is 21.5 Å². The van der Waals surface area contributed by atoms with Gasteiger partial charge in [0.2, 0.25) is 0 Å². The number of benzene rings is 1. The number of hydrogen-bond acceptors (Lipinski definition) is 3. The molecule has 0 atom stereocenters. The summed E-state index contributed by atoms with van der Waals surface area (Å²) in [5.74, 6) is 1.27. The van der Waals surface area contributed by atoms with Crippen molar-refractivity contribution in [2.75, 3.05) is 7.11 Å². The number of aromatic amines is 1. The molecule has 6 heteroatoms. The lowest BCUT2D eigenvalue weighted by Gasteiger charge is -2.19. The SMILES string of the molecule is COc1ccc(Cl)cc1-c1cc(=O)[nH]c(=S)n1CC1CCCC1. The van der Waals surface area contributed by atoms with Gasteiger partial charge in [0.05, 0.1) is 12.8 Å². The molecule has 1 fully saturated rings. The molecule has 1 heterocycles. The first-order chi connectivity index (χ1) is 11.1. The second-order valence-corrected chi connectivity index (χ2v) is 6.75. The quantitative estimate of drug-likeness (QED) is 0.830. The molecule has 0 spiro atoms. The summed E-state index contributed by atoms with van der Waals surface area (Å²) in [4.78, 5) is 14.7. The molecule has 1 aliphatic carbocycles. The lowest BCUT2D eigenvalue weighted by molar-refractivity contribution is 0.414. The van der Waals surface area contributed by atoms with E-state index < -0.39 is 0 Å². The molecule has 1 aromatic heterocycles. The highest BCUT2D eigenvalue weighted by atomic mass is 35.5. The van der Waals surface area contributed by atoms with Crippen LogP contribution in [0.2, 0.25) is 5.02 Å². The fourth-order valence-electron chi connectivity index (χ4n) is 3.26. The molecule has 122 valence electrons. The van der Waals surface area contributed by atoms with Gasteiger partial charge in [0, 0.05) is 23.2 Å². The number of methoxy groups -OCH3 is 1. The van der Waals surface area contributed by atoms with Crippen LogP contribution in [0.1, 0.15) is 25.7 Å².